The summed E-state index contributed by atoms with van der Waals surface area (Å²) in [5.41, 5.74) is 4.93. The van der Waals surface area contributed by atoms with Gasteiger partial charge in [-0.25, -0.2) is 5.43 Å². The van der Waals surface area contributed by atoms with Gasteiger partial charge in [0.25, 0.3) is 0 Å². The van der Waals surface area contributed by atoms with Crippen LogP contribution in [0.2, 0.25) is 0 Å². The molecule has 2 aromatic rings. The van der Waals surface area contributed by atoms with Gasteiger partial charge < -0.3 is 9.47 Å². The highest BCUT2D eigenvalue weighted by Gasteiger charge is 2.15. The van der Waals surface area contributed by atoms with E-state index in [1.807, 2.05) is 36.4 Å². The van der Waals surface area contributed by atoms with E-state index in [1.54, 1.807) is 14.2 Å². The molecule has 0 saturated carbocycles. The van der Waals surface area contributed by atoms with Crippen molar-refractivity contribution in [2.45, 2.75) is 6.04 Å². The van der Waals surface area contributed by atoms with Gasteiger partial charge >= 0.3 is 0 Å². The Hall–Kier alpha value is -1.31. The lowest BCUT2D eigenvalue weighted by Gasteiger charge is -2.19. The number of benzene rings is 2. The van der Waals surface area contributed by atoms with Crippen LogP contribution in [-0.4, -0.2) is 14.2 Å². The van der Waals surface area contributed by atoms with Crippen LogP contribution in [0.4, 0.5) is 0 Å². The average Bonchev–Trinajstić information content (AvgIpc) is 2.47. The number of nitrogens with one attached hydrogen (secondary N) is 1. The first-order valence-corrected chi connectivity index (χ1v) is 7.20. The highest BCUT2D eigenvalue weighted by atomic mass is 127. The Balaban J connectivity index is 2.45. The van der Waals surface area contributed by atoms with Crippen molar-refractivity contribution < 1.29 is 9.47 Å². The van der Waals surface area contributed by atoms with E-state index >= 15 is 0 Å². The molecule has 0 radical (unpaired) electrons. The molecule has 20 heavy (non-hydrogen) atoms. The van der Waals surface area contributed by atoms with Crippen LogP contribution in [0.3, 0.4) is 0 Å². The Morgan fingerprint density at radius 2 is 1.65 bits per heavy atom. The number of hydrogen-bond donors (Lipinski definition) is 2. The lowest BCUT2D eigenvalue weighted by atomic mass is 9.99. The van der Waals surface area contributed by atoms with Gasteiger partial charge in [-0.2, -0.15) is 0 Å². The van der Waals surface area contributed by atoms with Gasteiger partial charge in [0.1, 0.15) is 11.5 Å². The maximum absolute atomic E-state index is 5.74. The van der Waals surface area contributed by atoms with Gasteiger partial charge in [-0.3, -0.25) is 5.84 Å². The van der Waals surface area contributed by atoms with E-state index < -0.39 is 0 Å². The van der Waals surface area contributed by atoms with Crippen molar-refractivity contribution in [2.24, 2.45) is 5.84 Å². The topological polar surface area (TPSA) is 56.5 Å². The molecule has 0 spiro atoms. The standard InChI is InChI=1S/C15H17IN2O2/c1-19-13-7-11(8-14(9-13)20-2)15(18-17)10-4-3-5-12(16)6-10/h3-9,15,18H,17H2,1-2H3. The molecule has 3 N–H and O–H groups in total. The number of hydrazine groups is 1. The van der Waals surface area contributed by atoms with Crippen LogP contribution in [0.5, 0.6) is 11.5 Å². The third kappa shape index (κ3) is 3.41. The van der Waals surface area contributed by atoms with Gasteiger partial charge in [0.05, 0.1) is 20.3 Å². The van der Waals surface area contributed by atoms with Crippen LogP contribution in [0.25, 0.3) is 0 Å². The summed E-state index contributed by atoms with van der Waals surface area (Å²) in [6, 6.07) is 13.8. The fraction of sp³-hybridized carbons (Fsp3) is 0.200. The number of rotatable bonds is 5. The molecule has 0 bridgehead atoms. The van der Waals surface area contributed by atoms with Crippen molar-refractivity contribution in [1.82, 2.24) is 5.43 Å². The van der Waals surface area contributed by atoms with E-state index in [4.69, 9.17) is 15.3 Å². The van der Waals surface area contributed by atoms with E-state index in [-0.39, 0.29) is 6.04 Å². The molecule has 1 unspecified atom stereocenters. The molecule has 5 heteroatoms. The molecule has 4 nitrogen and oxygen atoms in total. The summed E-state index contributed by atoms with van der Waals surface area (Å²) in [7, 11) is 3.27. The number of halogens is 1. The minimum Gasteiger partial charge on any atom is -0.497 e. The molecule has 0 fully saturated rings. The minimum absolute atomic E-state index is 0.117. The van der Waals surface area contributed by atoms with E-state index in [9.17, 15) is 0 Å². The fourth-order valence-electron chi connectivity index (χ4n) is 2.07. The smallest absolute Gasteiger partial charge is 0.122 e. The van der Waals surface area contributed by atoms with Crippen LogP contribution in [0, 0.1) is 3.57 Å². The van der Waals surface area contributed by atoms with E-state index in [0.29, 0.717) is 0 Å². The van der Waals surface area contributed by atoms with Crippen LogP contribution in [-0.2, 0) is 0 Å². The second kappa shape index (κ2) is 6.92. The van der Waals surface area contributed by atoms with E-state index in [0.717, 1.165) is 26.2 Å². The number of methoxy groups -OCH3 is 2. The van der Waals surface area contributed by atoms with Crippen LogP contribution >= 0.6 is 22.6 Å². The predicted molar refractivity (Wildman–Crippen MR) is 87.9 cm³/mol. The van der Waals surface area contributed by atoms with Gasteiger partial charge in [-0.05, 0) is 58.0 Å². The summed E-state index contributed by atoms with van der Waals surface area (Å²) >= 11 is 2.28. The van der Waals surface area contributed by atoms with Crippen molar-refractivity contribution in [1.29, 1.82) is 0 Å². The summed E-state index contributed by atoms with van der Waals surface area (Å²) in [4.78, 5) is 0. The van der Waals surface area contributed by atoms with Gasteiger partial charge in [0, 0.05) is 9.64 Å². The maximum Gasteiger partial charge on any atom is 0.122 e. The first-order valence-electron chi connectivity index (χ1n) is 6.12. The predicted octanol–water partition coefficient (Wildman–Crippen LogP) is 2.86. The molecule has 2 aromatic carbocycles. The lowest BCUT2D eigenvalue weighted by Crippen LogP contribution is -2.28. The normalized spacial score (nSPS) is 12.0. The molecule has 2 rings (SSSR count). The number of hydrogen-bond acceptors (Lipinski definition) is 4. The Bertz CT molecular complexity index is 568. The third-order valence-electron chi connectivity index (χ3n) is 3.06. The third-order valence-corrected chi connectivity index (χ3v) is 3.73. The molecule has 0 aromatic heterocycles. The van der Waals surface area contributed by atoms with E-state index in [2.05, 4.69) is 34.1 Å². The monoisotopic (exact) mass is 384 g/mol. The Morgan fingerprint density at radius 1 is 1.00 bits per heavy atom. The zero-order valence-electron chi connectivity index (χ0n) is 11.4. The first kappa shape index (κ1) is 15.1. The van der Waals surface area contributed by atoms with Crippen LogP contribution < -0.4 is 20.7 Å². The summed E-state index contributed by atoms with van der Waals surface area (Å²) < 4.78 is 11.8. The van der Waals surface area contributed by atoms with Crippen molar-refractivity contribution in [3.63, 3.8) is 0 Å². The highest BCUT2D eigenvalue weighted by molar-refractivity contribution is 14.1. The zero-order valence-corrected chi connectivity index (χ0v) is 13.5. The second-order valence-electron chi connectivity index (χ2n) is 4.30. The highest BCUT2D eigenvalue weighted by Crippen LogP contribution is 2.30. The van der Waals surface area contributed by atoms with Crippen molar-refractivity contribution >= 4 is 22.6 Å². The Morgan fingerprint density at radius 3 is 2.15 bits per heavy atom. The van der Waals surface area contributed by atoms with Gasteiger partial charge in [-0.1, -0.05) is 12.1 Å². The van der Waals surface area contributed by atoms with Crippen molar-refractivity contribution in [3.8, 4) is 11.5 Å². The summed E-state index contributed by atoms with van der Waals surface area (Å²) in [6.07, 6.45) is 0. The molecular weight excluding hydrogens is 367 g/mol. The molecular formula is C15H17IN2O2. The summed E-state index contributed by atoms with van der Waals surface area (Å²) in [5, 5.41) is 0. The fourth-order valence-corrected chi connectivity index (χ4v) is 2.63. The Labute approximate surface area is 132 Å². The van der Waals surface area contributed by atoms with E-state index in [1.165, 1.54) is 0 Å². The van der Waals surface area contributed by atoms with Crippen molar-refractivity contribution in [3.05, 3.63) is 57.2 Å². The number of nitrogens with two attached hydrogens (primary N) is 1. The second-order valence-corrected chi connectivity index (χ2v) is 5.55. The summed E-state index contributed by atoms with van der Waals surface area (Å²) in [6.45, 7) is 0. The van der Waals surface area contributed by atoms with Crippen LogP contribution in [0.15, 0.2) is 42.5 Å². The quantitative estimate of drug-likeness (QED) is 0.473. The van der Waals surface area contributed by atoms with Crippen LogP contribution in [0.1, 0.15) is 17.2 Å². The minimum atomic E-state index is -0.117. The largest absolute Gasteiger partial charge is 0.497 e. The SMILES string of the molecule is COc1cc(OC)cc(C(NN)c2cccc(I)c2)c1. The zero-order chi connectivity index (χ0) is 14.5. The van der Waals surface area contributed by atoms with Gasteiger partial charge in [-0.15, -0.1) is 0 Å². The lowest BCUT2D eigenvalue weighted by molar-refractivity contribution is 0.392. The average molecular weight is 384 g/mol. The molecule has 0 aliphatic heterocycles. The van der Waals surface area contributed by atoms with Gasteiger partial charge in [0.2, 0.25) is 0 Å². The van der Waals surface area contributed by atoms with Crippen molar-refractivity contribution in [2.75, 3.05) is 14.2 Å². The molecule has 106 valence electrons. The molecule has 0 saturated heterocycles. The molecule has 0 aliphatic rings. The first-order chi connectivity index (χ1) is 9.67. The molecule has 0 aliphatic carbocycles. The number of ether oxygens (including phenoxy) is 2. The Kier molecular flexibility index (Phi) is 5.22. The summed E-state index contributed by atoms with van der Waals surface area (Å²) in [5.74, 6) is 7.22. The molecule has 0 amide bonds. The molecule has 1 atom stereocenters. The molecule has 0 heterocycles. The maximum atomic E-state index is 5.74. The van der Waals surface area contributed by atoms with Gasteiger partial charge in [0.15, 0.2) is 0 Å².